The molecule has 210 valence electrons. The van der Waals surface area contributed by atoms with E-state index in [1.54, 1.807) is 14.2 Å². The first-order valence-electron chi connectivity index (χ1n) is 14.5. The number of rotatable bonds is 4. The number of methoxy groups -OCH3 is 2. The molecule has 0 radical (unpaired) electrons. The molecule has 0 atom stereocenters. The zero-order valence-electron chi connectivity index (χ0n) is 24.1. The van der Waals surface area contributed by atoms with Crippen LogP contribution in [0.1, 0.15) is 0 Å². The molecule has 44 heavy (non-hydrogen) atoms. The van der Waals surface area contributed by atoms with Crippen LogP contribution in [-0.2, 0) is 0 Å². The summed E-state index contributed by atoms with van der Waals surface area (Å²) in [6.45, 7) is -0.103. The van der Waals surface area contributed by atoms with Gasteiger partial charge in [0.25, 0.3) is 6.71 Å². The first-order valence-corrected chi connectivity index (χ1v) is 14.5. The first-order chi connectivity index (χ1) is 21.8. The summed E-state index contributed by atoms with van der Waals surface area (Å²) in [6, 6.07) is 35.4. The third kappa shape index (κ3) is 3.33. The number of aromatic nitrogens is 2. The molecule has 0 fully saturated rings. The Bertz CT molecular complexity index is 2240. The average Bonchev–Trinajstić information content (AvgIpc) is 3.46. The highest BCUT2D eigenvalue weighted by Gasteiger charge is 2.45. The molecule has 0 unspecified atom stereocenters. The van der Waals surface area contributed by atoms with Crippen molar-refractivity contribution in [1.82, 2.24) is 9.97 Å². The van der Waals surface area contributed by atoms with Crippen molar-refractivity contribution in [3.8, 4) is 11.5 Å². The topological polar surface area (TPSA) is 63.9 Å². The Morgan fingerprint density at radius 1 is 0.636 bits per heavy atom. The van der Waals surface area contributed by atoms with Crippen LogP contribution in [0.3, 0.4) is 0 Å². The fourth-order valence-electron chi connectivity index (χ4n) is 6.92. The van der Waals surface area contributed by atoms with Crippen LogP contribution >= 0.6 is 0 Å². The van der Waals surface area contributed by atoms with E-state index >= 15 is 0 Å². The third-order valence-electron chi connectivity index (χ3n) is 8.74. The number of fused-ring (bicyclic) bond motifs is 8. The summed E-state index contributed by atoms with van der Waals surface area (Å²) in [5, 5.41) is 1.97. The highest BCUT2D eigenvalue weighted by atomic mass is 16.5. The average molecular weight is 572 g/mol. The van der Waals surface area contributed by atoms with Crippen molar-refractivity contribution in [3.05, 3.63) is 116 Å². The van der Waals surface area contributed by atoms with Gasteiger partial charge in [-0.15, -0.1) is 0 Å². The molecule has 0 saturated carbocycles. The van der Waals surface area contributed by atoms with E-state index in [1.165, 1.54) is 0 Å². The SMILES string of the molecule is COc1cc2oc3c4c(ccc3c2cc1OC)B1c2cccnc2N(c2ccccc2)c2nccc(c21)N4c1ccccc1. The number of para-hydroxylation sites is 2. The molecule has 2 aliphatic rings. The summed E-state index contributed by atoms with van der Waals surface area (Å²) in [4.78, 5) is 14.4. The predicted molar refractivity (Wildman–Crippen MR) is 176 cm³/mol. The minimum Gasteiger partial charge on any atom is -0.493 e. The molecule has 3 aromatic heterocycles. The number of anilines is 6. The van der Waals surface area contributed by atoms with Crippen LogP contribution < -0.4 is 35.7 Å². The normalized spacial score (nSPS) is 13.1. The van der Waals surface area contributed by atoms with Gasteiger partial charge in [-0.05, 0) is 58.9 Å². The van der Waals surface area contributed by atoms with Gasteiger partial charge >= 0.3 is 0 Å². The molecule has 0 bridgehead atoms. The number of ether oxygens (including phenoxy) is 2. The van der Waals surface area contributed by atoms with Crippen LogP contribution in [-0.4, -0.2) is 30.9 Å². The molecule has 0 N–H and O–H groups in total. The Morgan fingerprint density at radius 3 is 2.09 bits per heavy atom. The van der Waals surface area contributed by atoms with E-state index in [2.05, 4.69) is 70.5 Å². The molecular weight excluding hydrogens is 547 g/mol. The molecule has 4 aromatic carbocycles. The molecule has 0 aliphatic carbocycles. The maximum Gasteiger partial charge on any atom is 0.256 e. The van der Waals surface area contributed by atoms with Gasteiger partial charge < -0.3 is 18.8 Å². The van der Waals surface area contributed by atoms with E-state index in [0.29, 0.717) is 11.5 Å². The van der Waals surface area contributed by atoms with E-state index in [0.717, 1.165) is 72.7 Å². The van der Waals surface area contributed by atoms with Crippen molar-refractivity contribution in [2.45, 2.75) is 0 Å². The lowest BCUT2D eigenvalue weighted by Crippen LogP contribution is -2.61. The van der Waals surface area contributed by atoms with Crippen molar-refractivity contribution in [1.29, 1.82) is 0 Å². The first kappa shape index (κ1) is 24.8. The predicted octanol–water partition coefficient (Wildman–Crippen LogP) is 6.48. The molecule has 0 saturated heterocycles. The Balaban J connectivity index is 1.40. The molecule has 2 aliphatic heterocycles. The third-order valence-corrected chi connectivity index (χ3v) is 8.74. The minimum atomic E-state index is -0.103. The highest BCUT2D eigenvalue weighted by molar-refractivity contribution is 7.00. The Labute approximate surface area is 254 Å². The summed E-state index contributed by atoms with van der Waals surface area (Å²) in [5.74, 6) is 3.03. The lowest BCUT2D eigenvalue weighted by Gasteiger charge is -2.42. The number of hydrogen-bond acceptors (Lipinski definition) is 7. The Morgan fingerprint density at radius 2 is 1.34 bits per heavy atom. The van der Waals surface area contributed by atoms with E-state index in [-0.39, 0.29) is 6.71 Å². The maximum atomic E-state index is 6.76. The fraction of sp³-hybridized carbons (Fsp3) is 0.0556. The number of benzene rings is 4. The largest absolute Gasteiger partial charge is 0.493 e. The van der Waals surface area contributed by atoms with Crippen molar-refractivity contribution < 1.29 is 13.9 Å². The van der Waals surface area contributed by atoms with E-state index in [1.807, 2.05) is 54.9 Å². The number of pyridine rings is 2. The van der Waals surface area contributed by atoms with E-state index in [4.69, 9.17) is 23.9 Å². The second kappa shape index (κ2) is 9.37. The van der Waals surface area contributed by atoms with Gasteiger partial charge in [0.05, 0.1) is 19.9 Å². The number of hydrogen-bond donors (Lipinski definition) is 0. The van der Waals surface area contributed by atoms with Crippen LogP contribution in [0.15, 0.2) is 120 Å². The molecule has 7 nitrogen and oxygen atoms in total. The van der Waals surface area contributed by atoms with Crippen molar-refractivity contribution >= 4 is 79.4 Å². The van der Waals surface area contributed by atoms with Gasteiger partial charge in [-0.2, -0.15) is 0 Å². The zero-order valence-corrected chi connectivity index (χ0v) is 24.1. The molecule has 0 amide bonds. The van der Waals surface area contributed by atoms with Crippen LogP contribution in [0.2, 0.25) is 0 Å². The van der Waals surface area contributed by atoms with E-state index < -0.39 is 0 Å². The molecule has 5 heterocycles. The molecule has 8 heteroatoms. The van der Waals surface area contributed by atoms with E-state index in [9.17, 15) is 0 Å². The molecular formula is C36H25BN4O3. The van der Waals surface area contributed by atoms with Gasteiger partial charge in [0.2, 0.25) is 0 Å². The summed E-state index contributed by atoms with van der Waals surface area (Å²) in [6.07, 6.45) is 3.75. The summed E-state index contributed by atoms with van der Waals surface area (Å²) in [7, 11) is 3.29. The lowest BCUT2D eigenvalue weighted by atomic mass is 9.34. The van der Waals surface area contributed by atoms with Gasteiger partial charge in [0.1, 0.15) is 17.2 Å². The smallest absolute Gasteiger partial charge is 0.256 e. The second-order valence-electron chi connectivity index (χ2n) is 10.9. The number of furan rings is 1. The quantitative estimate of drug-likeness (QED) is 0.224. The van der Waals surface area contributed by atoms with Crippen molar-refractivity contribution in [2.24, 2.45) is 0 Å². The van der Waals surface area contributed by atoms with Crippen LogP contribution in [0, 0.1) is 0 Å². The van der Waals surface area contributed by atoms with Crippen molar-refractivity contribution in [2.75, 3.05) is 24.0 Å². The Kier molecular flexibility index (Phi) is 5.29. The van der Waals surface area contributed by atoms with Gasteiger partial charge in [-0.25, -0.2) is 9.97 Å². The van der Waals surface area contributed by atoms with Gasteiger partial charge in [0, 0.05) is 46.3 Å². The van der Waals surface area contributed by atoms with Gasteiger partial charge in [-0.1, -0.05) is 54.6 Å². The second-order valence-corrected chi connectivity index (χ2v) is 10.9. The summed E-state index contributed by atoms with van der Waals surface area (Å²) >= 11 is 0. The molecule has 9 rings (SSSR count). The fourth-order valence-corrected chi connectivity index (χ4v) is 6.92. The summed E-state index contributed by atoms with van der Waals surface area (Å²) in [5.41, 5.74) is 9.02. The zero-order chi connectivity index (χ0) is 29.4. The van der Waals surface area contributed by atoms with Crippen LogP contribution in [0.25, 0.3) is 21.9 Å². The summed E-state index contributed by atoms with van der Waals surface area (Å²) < 4.78 is 18.0. The van der Waals surface area contributed by atoms with Gasteiger partial charge in [0.15, 0.2) is 17.1 Å². The lowest BCUT2D eigenvalue weighted by molar-refractivity contribution is 0.355. The van der Waals surface area contributed by atoms with Crippen LogP contribution in [0.4, 0.5) is 34.4 Å². The van der Waals surface area contributed by atoms with Gasteiger partial charge in [-0.3, -0.25) is 4.90 Å². The number of nitrogens with zero attached hydrogens (tertiary/aromatic N) is 4. The van der Waals surface area contributed by atoms with Crippen LogP contribution in [0.5, 0.6) is 11.5 Å². The Hall–Kier alpha value is -5.76. The van der Waals surface area contributed by atoms with Crippen molar-refractivity contribution in [3.63, 3.8) is 0 Å². The highest BCUT2D eigenvalue weighted by Crippen LogP contribution is 2.47. The maximum absolute atomic E-state index is 6.76. The molecule has 7 aromatic rings. The monoisotopic (exact) mass is 572 g/mol. The minimum absolute atomic E-state index is 0.103. The standard InChI is InChI=1S/C36H25BN4O3/c1-42-30-20-25-24-15-16-26-33(34(24)44-29(25)21-31(30)43-2)40(22-10-5-3-6-11-22)28-17-19-39-36-32(28)37(26)27-14-9-18-38-35(27)41(36)23-12-7-4-8-13-23/h3-21H,1-2H3. The molecule has 0 spiro atoms.